The molecule has 19 heavy (non-hydrogen) atoms. The van der Waals surface area contributed by atoms with Crippen LogP contribution in [-0.4, -0.2) is 28.2 Å². The monoisotopic (exact) mass is 299 g/mol. The molecule has 0 spiro atoms. The lowest BCUT2D eigenvalue weighted by molar-refractivity contribution is -0.121. The van der Waals surface area contributed by atoms with E-state index in [4.69, 9.17) is 10.5 Å². The van der Waals surface area contributed by atoms with Crippen LogP contribution in [-0.2, 0) is 10.2 Å². The number of hydrogen-bond donors (Lipinski definition) is 3. The van der Waals surface area contributed by atoms with E-state index < -0.39 is 22.9 Å². The van der Waals surface area contributed by atoms with Crippen molar-refractivity contribution in [2.45, 2.75) is 6.18 Å². The molecule has 108 valence electrons. The summed E-state index contributed by atoms with van der Waals surface area (Å²) in [6.07, 6.45) is -4.64. The molecule has 0 radical (unpaired) electrons. The van der Waals surface area contributed by atoms with E-state index in [-0.39, 0.29) is 11.4 Å². The molecule has 0 saturated carbocycles. The van der Waals surface area contributed by atoms with E-state index in [1.807, 2.05) is 4.72 Å². The van der Waals surface area contributed by atoms with Crippen LogP contribution in [0.25, 0.3) is 0 Å². The van der Waals surface area contributed by atoms with E-state index in [1.54, 1.807) is 0 Å². The van der Waals surface area contributed by atoms with Gasteiger partial charge >= 0.3 is 6.18 Å². The van der Waals surface area contributed by atoms with Crippen LogP contribution >= 0.6 is 0 Å². The topological polar surface area (TPSA) is 93.4 Å². The number of nitrogens with one attached hydrogen (secondary N) is 2. The second kappa shape index (κ2) is 5.53. The summed E-state index contributed by atoms with van der Waals surface area (Å²) in [5.41, 5.74) is 5.76. The molecule has 0 fully saturated rings. The highest BCUT2D eigenvalue weighted by molar-refractivity contribution is 7.90. The quantitative estimate of drug-likeness (QED) is 0.709. The molecule has 0 aromatic heterocycles. The number of benzene rings is 1. The fourth-order valence-corrected chi connectivity index (χ4v) is 2.03. The molecular weight excluding hydrogens is 287 g/mol. The van der Waals surface area contributed by atoms with Gasteiger partial charge in [-0.15, -0.1) is 0 Å². The molecule has 0 aliphatic rings. The van der Waals surface area contributed by atoms with E-state index in [2.05, 4.69) is 0 Å². The molecule has 1 rings (SSSR count). The third-order valence-electron chi connectivity index (χ3n) is 1.93. The molecule has 0 aliphatic heterocycles. The van der Waals surface area contributed by atoms with Crippen LogP contribution in [0.5, 0.6) is 5.75 Å². The number of ether oxygens (including phenoxy) is 1. The summed E-state index contributed by atoms with van der Waals surface area (Å²) in [7, 11) is -3.08. The van der Waals surface area contributed by atoms with E-state index in [1.165, 1.54) is 30.0 Å². The van der Waals surface area contributed by atoms with Crippen LogP contribution in [0.15, 0.2) is 18.2 Å². The first-order chi connectivity index (χ1) is 8.63. The molecule has 4 N–H and O–H groups in total. The molecular formula is C9H12F3N3O3S. The summed E-state index contributed by atoms with van der Waals surface area (Å²) in [6, 6.07) is 3.99. The lowest BCUT2D eigenvalue weighted by atomic mass is 10.2. The minimum absolute atomic E-state index is 0.0219. The normalized spacial score (nSPS) is 12.2. The van der Waals surface area contributed by atoms with Crippen molar-refractivity contribution in [1.82, 2.24) is 4.72 Å². The highest BCUT2D eigenvalue weighted by Crippen LogP contribution is 2.27. The average molecular weight is 299 g/mol. The van der Waals surface area contributed by atoms with Crippen LogP contribution in [0.4, 0.5) is 24.5 Å². The van der Waals surface area contributed by atoms with Crippen LogP contribution in [0.3, 0.4) is 0 Å². The Morgan fingerprint density at radius 2 is 2.00 bits per heavy atom. The Morgan fingerprint density at radius 1 is 1.37 bits per heavy atom. The van der Waals surface area contributed by atoms with Crippen LogP contribution in [0, 0.1) is 0 Å². The standard InChI is InChI=1S/C9H12F3N3O3S/c1-18-8-4-6(13)2-3-7(8)15-19(16,17)14-5-9(10,11)12/h2-4,14-15H,5,13H2,1H3. The van der Waals surface area contributed by atoms with Gasteiger partial charge in [-0.3, -0.25) is 4.72 Å². The summed E-state index contributed by atoms with van der Waals surface area (Å²) in [4.78, 5) is 0. The highest BCUT2D eigenvalue weighted by Gasteiger charge is 2.29. The Hall–Kier alpha value is -1.68. The number of nitrogens with two attached hydrogens (primary N) is 1. The molecule has 10 heteroatoms. The lowest BCUT2D eigenvalue weighted by Gasteiger charge is -2.13. The zero-order valence-corrected chi connectivity index (χ0v) is 10.6. The summed E-state index contributed by atoms with van der Waals surface area (Å²) in [6.45, 7) is -1.67. The summed E-state index contributed by atoms with van der Waals surface area (Å²) < 4.78 is 66.7. The minimum atomic E-state index is -4.64. The smallest absolute Gasteiger partial charge is 0.402 e. The maximum absolute atomic E-state index is 11.9. The molecule has 1 aromatic carbocycles. The van der Waals surface area contributed by atoms with Gasteiger partial charge in [-0.1, -0.05) is 0 Å². The van der Waals surface area contributed by atoms with Crippen molar-refractivity contribution in [3.05, 3.63) is 18.2 Å². The summed E-state index contributed by atoms with van der Waals surface area (Å²) in [5, 5.41) is 0. The molecule has 0 amide bonds. The van der Waals surface area contributed by atoms with Gasteiger partial charge < -0.3 is 10.5 Å². The predicted molar refractivity (Wildman–Crippen MR) is 64.0 cm³/mol. The van der Waals surface area contributed by atoms with Gasteiger partial charge in [-0.25, -0.2) is 0 Å². The zero-order chi connectivity index (χ0) is 14.7. The Kier molecular flexibility index (Phi) is 4.48. The van der Waals surface area contributed by atoms with Gasteiger partial charge in [0.05, 0.1) is 12.8 Å². The molecule has 1 aromatic rings. The average Bonchev–Trinajstić information content (AvgIpc) is 2.28. The molecule has 0 aliphatic carbocycles. The summed E-state index contributed by atoms with van der Waals surface area (Å²) in [5.74, 6) is 0.0948. The fraction of sp³-hybridized carbons (Fsp3) is 0.333. The molecule has 0 unspecified atom stereocenters. The number of hydrogen-bond acceptors (Lipinski definition) is 4. The maximum atomic E-state index is 11.9. The van der Waals surface area contributed by atoms with Gasteiger partial charge in [-0.2, -0.15) is 26.3 Å². The molecule has 0 saturated heterocycles. The number of alkyl halides is 3. The van der Waals surface area contributed by atoms with Crippen LogP contribution in [0.2, 0.25) is 0 Å². The van der Waals surface area contributed by atoms with E-state index in [0.717, 1.165) is 0 Å². The number of halogens is 3. The highest BCUT2D eigenvalue weighted by atomic mass is 32.2. The lowest BCUT2D eigenvalue weighted by Crippen LogP contribution is -2.37. The van der Waals surface area contributed by atoms with Crippen molar-refractivity contribution in [2.75, 3.05) is 24.1 Å². The maximum Gasteiger partial charge on any atom is 0.402 e. The number of methoxy groups -OCH3 is 1. The van der Waals surface area contributed by atoms with E-state index in [9.17, 15) is 21.6 Å². The van der Waals surface area contributed by atoms with Crippen molar-refractivity contribution in [3.8, 4) is 5.75 Å². The van der Waals surface area contributed by atoms with Crippen molar-refractivity contribution in [2.24, 2.45) is 0 Å². The summed E-state index contributed by atoms with van der Waals surface area (Å²) >= 11 is 0. The van der Waals surface area contributed by atoms with Crippen molar-refractivity contribution < 1.29 is 26.3 Å². The molecule has 0 heterocycles. The first-order valence-electron chi connectivity index (χ1n) is 4.90. The van der Waals surface area contributed by atoms with Gasteiger partial charge in [0.15, 0.2) is 0 Å². The molecule has 6 nitrogen and oxygen atoms in total. The number of anilines is 2. The van der Waals surface area contributed by atoms with Gasteiger partial charge in [0.1, 0.15) is 12.3 Å². The largest absolute Gasteiger partial charge is 0.494 e. The molecule has 0 atom stereocenters. The van der Waals surface area contributed by atoms with Crippen molar-refractivity contribution in [3.63, 3.8) is 0 Å². The second-order valence-electron chi connectivity index (χ2n) is 3.50. The molecule has 0 bridgehead atoms. The van der Waals surface area contributed by atoms with Gasteiger partial charge in [0, 0.05) is 11.8 Å². The van der Waals surface area contributed by atoms with Crippen molar-refractivity contribution >= 4 is 21.6 Å². The van der Waals surface area contributed by atoms with Gasteiger partial charge in [-0.05, 0) is 12.1 Å². The van der Waals surface area contributed by atoms with E-state index >= 15 is 0 Å². The van der Waals surface area contributed by atoms with Crippen LogP contribution < -0.4 is 19.9 Å². The number of rotatable bonds is 5. The SMILES string of the molecule is COc1cc(N)ccc1NS(=O)(=O)NCC(F)(F)F. The third kappa shape index (κ3) is 5.22. The predicted octanol–water partition coefficient (Wildman–Crippen LogP) is 1.09. The van der Waals surface area contributed by atoms with Gasteiger partial charge in [0.2, 0.25) is 0 Å². The first-order valence-corrected chi connectivity index (χ1v) is 6.39. The first kappa shape index (κ1) is 15.4. The van der Waals surface area contributed by atoms with Gasteiger partial charge in [0.25, 0.3) is 10.2 Å². The Balaban J connectivity index is 2.84. The Labute approximate surface area is 107 Å². The third-order valence-corrected chi connectivity index (χ3v) is 2.95. The number of nitrogen functional groups attached to an aromatic ring is 1. The second-order valence-corrected chi connectivity index (χ2v) is 5.00. The Morgan fingerprint density at radius 3 is 2.53 bits per heavy atom. The fourth-order valence-electron chi connectivity index (χ4n) is 1.15. The van der Waals surface area contributed by atoms with Crippen LogP contribution in [0.1, 0.15) is 0 Å². The van der Waals surface area contributed by atoms with E-state index in [0.29, 0.717) is 5.69 Å². The zero-order valence-electron chi connectivity index (χ0n) is 9.78. The van der Waals surface area contributed by atoms with Crippen molar-refractivity contribution in [1.29, 1.82) is 0 Å². The minimum Gasteiger partial charge on any atom is -0.494 e. The Bertz CT molecular complexity index is 545.